The number of halogens is 7. The van der Waals surface area contributed by atoms with Crippen molar-refractivity contribution >= 4 is 62.8 Å². The Morgan fingerprint density at radius 3 is 0.400 bits per heavy atom. The van der Waals surface area contributed by atoms with Crippen molar-refractivity contribution in [2.75, 3.05) is 0 Å². The quantitative estimate of drug-likeness (QED) is 0.308. The van der Waals surface area contributed by atoms with Crippen LogP contribution < -0.4 is 32.9 Å². The van der Waals surface area contributed by atoms with Crippen LogP contribution in [0.3, 0.4) is 0 Å². The molecule has 0 aliphatic carbocycles. The molecule has 0 aromatic rings. The first-order valence-electron chi connectivity index (χ1n) is 0. The maximum absolute atomic E-state index is 0. The Kier molecular flexibility index (Phi) is 8160. The van der Waals surface area contributed by atoms with Crippen LogP contribution in [-0.2, 0) is 19.5 Å². The van der Waals surface area contributed by atoms with Crippen LogP contribution in [0.5, 0.6) is 0 Å². The monoisotopic (exact) mass is 312 g/mol. The Labute approximate surface area is 114 Å². The summed E-state index contributed by atoms with van der Waals surface area (Å²) in [5.41, 5.74) is 0. The van der Waals surface area contributed by atoms with Gasteiger partial charge in [-0.3, -0.25) is 0 Å². The summed E-state index contributed by atoms with van der Waals surface area (Å²) in [7, 11) is 0. The van der Waals surface area contributed by atoms with Gasteiger partial charge in [-0.05, 0) is 0 Å². The third-order valence-electron chi connectivity index (χ3n) is 0. The van der Waals surface area contributed by atoms with Gasteiger partial charge in [-0.1, -0.05) is 0 Å². The van der Waals surface area contributed by atoms with E-state index in [1.165, 1.54) is 0 Å². The number of hydrogen-bond acceptors (Lipinski definition) is 0. The van der Waals surface area contributed by atoms with E-state index in [1.54, 1.807) is 0 Å². The van der Waals surface area contributed by atoms with Crippen molar-refractivity contribution in [1.29, 1.82) is 0 Å². The summed E-state index contributed by atoms with van der Waals surface area (Å²) in [6, 6.07) is 0. The standard InChI is InChI=1S/Al.7FH.Sr.Zn/h;7*1H;;/q+3;;;;;;;;2*+2/p-7. The summed E-state index contributed by atoms with van der Waals surface area (Å²) in [5.74, 6) is 0. The molecular weight excluding hydrogens is 313 g/mol. The van der Waals surface area contributed by atoms with E-state index in [1.807, 2.05) is 0 Å². The summed E-state index contributed by atoms with van der Waals surface area (Å²) in [4.78, 5) is 0. The molecule has 0 aliphatic heterocycles. The first kappa shape index (κ1) is 328. The van der Waals surface area contributed by atoms with E-state index >= 15 is 0 Å². The van der Waals surface area contributed by atoms with Gasteiger partial charge in [0.25, 0.3) is 0 Å². The second-order valence-electron chi connectivity index (χ2n) is 0. The van der Waals surface area contributed by atoms with E-state index in [-0.39, 0.29) is 115 Å². The van der Waals surface area contributed by atoms with E-state index in [2.05, 4.69) is 0 Å². The maximum Gasteiger partial charge on any atom is 3.00 e. The Bertz CT molecular complexity index is 13.6. The molecule has 0 rings (SSSR count). The zero-order chi connectivity index (χ0) is 0. The average Bonchev–Trinajstić information content (AvgIpc) is 0. The van der Waals surface area contributed by atoms with Gasteiger partial charge in [-0.15, -0.1) is 0 Å². The minimum atomic E-state index is 0. The van der Waals surface area contributed by atoms with Gasteiger partial charge >= 0.3 is 82.3 Å². The van der Waals surface area contributed by atoms with Gasteiger partial charge in [0.2, 0.25) is 0 Å². The van der Waals surface area contributed by atoms with Crippen LogP contribution in [-0.4, -0.2) is 62.8 Å². The molecule has 0 nitrogen and oxygen atoms in total. The van der Waals surface area contributed by atoms with Crippen molar-refractivity contribution in [1.82, 2.24) is 0 Å². The van der Waals surface area contributed by atoms with Crippen molar-refractivity contribution in [2.24, 2.45) is 0 Å². The molecule has 0 fully saturated rings. The molecule has 0 spiro atoms. The van der Waals surface area contributed by atoms with Gasteiger partial charge in [0.15, 0.2) is 0 Å². The first-order valence-corrected chi connectivity index (χ1v) is 0. The number of hydrogen-bond donors (Lipinski definition) is 0. The van der Waals surface area contributed by atoms with Crippen LogP contribution in [0.4, 0.5) is 0 Å². The fourth-order valence-electron chi connectivity index (χ4n) is 0. The maximum atomic E-state index is 0. The van der Waals surface area contributed by atoms with Crippen LogP contribution in [0, 0.1) is 0 Å². The Balaban J connectivity index is 0. The van der Waals surface area contributed by atoms with Crippen molar-refractivity contribution in [3.63, 3.8) is 0 Å². The zero-order valence-corrected chi connectivity index (χ0v) is 12.2. The van der Waals surface area contributed by atoms with Gasteiger partial charge in [0, 0.05) is 0 Å². The second kappa shape index (κ2) is 249. The third kappa shape index (κ3) is 184. The molecular formula is AlF7SrZn. The molecule has 0 heterocycles. The molecule has 56 valence electrons. The minimum absolute atomic E-state index is 0. The van der Waals surface area contributed by atoms with Gasteiger partial charge in [-0.25, -0.2) is 0 Å². The molecule has 0 saturated carbocycles. The Hall–Kier alpha value is 2.15. The van der Waals surface area contributed by atoms with Crippen molar-refractivity contribution in [3.05, 3.63) is 0 Å². The average molecular weight is 313 g/mol. The normalized spacial score (nSPS) is 0. The SMILES string of the molecule is [Al+3].[F-].[F-].[F-].[F-].[F-].[F-].[F-].[Sr+2].[Zn+2]. The molecule has 0 amide bonds. The first-order chi connectivity index (χ1) is 0. The van der Waals surface area contributed by atoms with Crippen molar-refractivity contribution in [2.45, 2.75) is 0 Å². The Morgan fingerprint density at radius 2 is 0.400 bits per heavy atom. The fourth-order valence-corrected chi connectivity index (χ4v) is 0. The van der Waals surface area contributed by atoms with Gasteiger partial charge < -0.3 is 32.9 Å². The van der Waals surface area contributed by atoms with E-state index in [0.29, 0.717) is 0 Å². The van der Waals surface area contributed by atoms with Crippen LogP contribution >= 0.6 is 0 Å². The summed E-state index contributed by atoms with van der Waals surface area (Å²) < 4.78 is 0. The molecule has 0 N–H and O–H groups in total. The molecule has 0 atom stereocenters. The predicted molar refractivity (Wildman–Crippen MR) is 11.5 cm³/mol. The summed E-state index contributed by atoms with van der Waals surface area (Å²) >= 11 is 0. The predicted octanol–water partition coefficient (Wildman–Crippen LogP) is -21.7. The van der Waals surface area contributed by atoms with Gasteiger partial charge in [0.1, 0.15) is 0 Å². The molecule has 10 heavy (non-hydrogen) atoms. The molecule has 0 radical (unpaired) electrons. The molecule has 0 bridgehead atoms. The topological polar surface area (TPSA) is 0 Å². The van der Waals surface area contributed by atoms with Crippen LogP contribution in [0.1, 0.15) is 0 Å². The minimum Gasteiger partial charge on any atom is -1.00 e. The van der Waals surface area contributed by atoms with Crippen molar-refractivity contribution < 1.29 is 52.4 Å². The van der Waals surface area contributed by atoms with Crippen LogP contribution in [0.2, 0.25) is 0 Å². The molecule has 0 aromatic heterocycles. The van der Waals surface area contributed by atoms with E-state index in [9.17, 15) is 0 Å². The zero-order valence-electron chi connectivity index (χ0n) is 4.64. The van der Waals surface area contributed by atoms with Gasteiger partial charge in [0.05, 0.1) is 0 Å². The van der Waals surface area contributed by atoms with Crippen LogP contribution in [0.25, 0.3) is 0 Å². The fraction of sp³-hybridized carbons (Fsp3) is 0. The molecule has 0 aliphatic rings. The largest absolute Gasteiger partial charge is 3.00 e. The van der Waals surface area contributed by atoms with E-state index in [4.69, 9.17) is 0 Å². The van der Waals surface area contributed by atoms with Crippen LogP contribution in [0.15, 0.2) is 0 Å². The third-order valence-corrected chi connectivity index (χ3v) is 0. The summed E-state index contributed by atoms with van der Waals surface area (Å²) in [6.45, 7) is 0. The molecule has 10 heteroatoms. The van der Waals surface area contributed by atoms with Crippen molar-refractivity contribution in [3.8, 4) is 0 Å². The molecule has 0 unspecified atom stereocenters. The smallest absolute Gasteiger partial charge is 1.00 e. The summed E-state index contributed by atoms with van der Waals surface area (Å²) in [5, 5.41) is 0. The number of rotatable bonds is 0. The Morgan fingerprint density at radius 1 is 0.400 bits per heavy atom. The summed E-state index contributed by atoms with van der Waals surface area (Å²) in [6.07, 6.45) is 0. The molecule has 0 saturated heterocycles. The van der Waals surface area contributed by atoms with E-state index < -0.39 is 0 Å². The van der Waals surface area contributed by atoms with E-state index in [0.717, 1.165) is 0 Å². The van der Waals surface area contributed by atoms with Gasteiger partial charge in [-0.2, -0.15) is 0 Å². The molecule has 0 aromatic carbocycles. The second-order valence-corrected chi connectivity index (χ2v) is 0.